The van der Waals surface area contributed by atoms with Gasteiger partial charge in [0.1, 0.15) is 5.82 Å². The van der Waals surface area contributed by atoms with Crippen molar-refractivity contribution in [1.82, 2.24) is 4.98 Å². The van der Waals surface area contributed by atoms with Gasteiger partial charge in [-0.25, -0.2) is 4.98 Å². The number of carbonyl (C=O) groups is 1. The maximum absolute atomic E-state index is 12.4. The van der Waals surface area contributed by atoms with E-state index in [1.165, 1.54) is 0 Å². The molecule has 0 radical (unpaired) electrons. The number of alkyl halides is 3. The molecule has 17 heavy (non-hydrogen) atoms. The normalized spacial score (nSPS) is 15.7. The molecular weight excluding hydrogens is 235 g/mol. The molecule has 4 nitrogen and oxygen atoms in total. The van der Waals surface area contributed by atoms with Crippen LogP contribution < -0.4 is 11.1 Å². The number of amides is 1. The molecule has 0 spiro atoms. The van der Waals surface area contributed by atoms with Crippen molar-refractivity contribution < 1.29 is 18.0 Å². The summed E-state index contributed by atoms with van der Waals surface area (Å²) in [5, 5.41) is 2.36. The molecule has 1 aromatic rings. The highest BCUT2D eigenvalue weighted by Gasteiger charge is 2.33. The molecule has 2 rings (SSSR count). The molecule has 92 valence electrons. The third-order valence-electron chi connectivity index (χ3n) is 2.45. The largest absolute Gasteiger partial charge is 0.417 e. The zero-order valence-corrected chi connectivity index (χ0v) is 8.71. The van der Waals surface area contributed by atoms with Crippen LogP contribution >= 0.6 is 0 Å². The van der Waals surface area contributed by atoms with Crippen LogP contribution in [0.15, 0.2) is 12.3 Å². The highest BCUT2D eigenvalue weighted by Crippen LogP contribution is 2.34. The molecule has 1 aliphatic carbocycles. The fraction of sp³-hybridized carbons (Fsp3) is 0.400. The zero-order valence-electron chi connectivity index (χ0n) is 8.71. The van der Waals surface area contributed by atoms with E-state index in [1.54, 1.807) is 0 Å². The summed E-state index contributed by atoms with van der Waals surface area (Å²) in [5.41, 5.74) is 4.39. The predicted octanol–water partition coefficient (Wildman–Crippen LogP) is 2.03. The molecule has 1 saturated carbocycles. The number of rotatable bonds is 2. The molecule has 0 bridgehead atoms. The topological polar surface area (TPSA) is 68.0 Å². The number of aromatic nitrogens is 1. The van der Waals surface area contributed by atoms with Gasteiger partial charge >= 0.3 is 6.18 Å². The lowest BCUT2D eigenvalue weighted by Crippen LogP contribution is -2.16. The van der Waals surface area contributed by atoms with E-state index >= 15 is 0 Å². The Labute approximate surface area is 95.0 Å². The van der Waals surface area contributed by atoms with Gasteiger partial charge in [0.05, 0.1) is 11.3 Å². The Bertz CT molecular complexity index is 455. The van der Waals surface area contributed by atoms with Crippen molar-refractivity contribution in [2.75, 3.05) is 11.1 Å². The summed E-state index contributed by atoms with van der Waals surface area (Å²) in [7, 11) is 0. The number of nitrogens with zero attached hydrogens (tertiary/aromatic N) is 1. The number of carbonyl (C=O) groups excluding carboxylic acids is 1. The SMILES string of the molecule is Nc1ncc(C(F)(F)F)cc1NC(=O)C1CC1. The van der Waals surface area contributed by atoms with Gasteiger partial charge in [-0.2, -0.15) is 13.2 Å². The van der Waals surface area contributed by atoms with E-state index in [9.17, 15) is 18.0 Å². The zero-order chi connectivity index (χ0) is 12.6. The molecule has 0 saturated heterocycles. The first-order valence-corrected chi connectivity index (χ1v) is 5.01. The molecule has 1 aromatic heterocycles. The number of nitrogens with one attached hydrogen (secondary N) is 1. The van der Waals surface area contributed by atoms with Gasteiger partial charge in [-0.1, -0.05) is 0 Å². The van der Waals surface area contributed by atoms with E-state index in [0.717, 1.165) is 18.9 Å². The van der Waals surface area contributed by atoms with Crippen LogP contribution in [0.5, 0.6) is 0 Å². The molecule has 1 aliphatic rings. The molecule has 0 aliphatic heterocycles. The number of pyridine rings is 1. The molecular formula is C10H10F3N3O. The summed E-state index contributed by atoms with van der Waals surface area (Å²) in [6.45, 7) is 0. The fourth-order valence-electron chi connectivity index (χ4n) is 1.31. The maximum atomic E-state index is 12.4. The lowest BCUT2D eigenvalue weighted by atomic mass is 10.2. The minimum atomic E-state index is -4.50. The second kappa shape index (κ2) is 3.90. The van der Waals surface area contributed by atoms with Crippen LogP contribution in [0, 0.1) is 5.92 Å². The Kier molecular flexibility index (Phi) is 2.68. The average Bonchev–Trinajstić information content (AvgIpc) is 3.02. The standard InChI is InChI=1S/C10H10F3N3O/c11-10(12,13)6-3-7(8(14)15-4-6)16-9(17)5-1-2-5/h3-5H,1-2H2,(H2,14,15)(H,16,17). The molecule has 0 atom stereocenters. The van der Waals surface area contributed by atoms with Gasteiger partial charge in [-0.15, -0.1) is 0 Å². The van der Waals surface area contributed by atoms with Crippen molar-refractivity contribution in [3.05, 3.63) is 17.8 Å². The number of nitrogen functional groups attached to an aromatic ring is 1. The van der Waals surface area contributed by atoms with Crippen LogP contribution in [0.1, 0.15) is 18.4 Å². The van der Waals surface area contributed by atoms with Crippen LogP contribution in [0.25, 0.3) is 0 Å². The first kappa shape index (κ1) is 11.7. The van der Waals surface area contributed by atoms with Gasteiger partial charge in [-0.05, 0) is 18.9 Å². The molecule has 1 fully saturated rings. The van der Waals surface area contributed by atoms with E-state index in [1.807, 2.05) is 0 Å². The van der Waals surface area contributed by atoms with E-state index in [-0.39, 0.29) is 23.3 Å². The van der Waals surface area contributed by atoms with Crippen LogP contribution in [-0.2, 0) is 11.0 Å². The Hall–Kier alpha value is -1.79. The van der Waals surface area contributed by atoms with Gasteiger partial charge in [-0.3, -0.25) is 4.79 Å². The quantitative estimate of drug-likeness (QED) is 0.837. The molecule has 1 amide bonds. The number of anilines is 2. The van der Waals surface area contributed by atoms with Gasteiger partial charge in [0.25, 0.3) is 0 Å². The molecule has 7 heteroatoms. The van der Waals surface area contributed by atoms with Crippen molar-refractivity contribution in [3.8, 4) is 0 Å². The first-order chi connectivity index (χ1) is 7.88. The number of hydrogen-bond donors (Lipinski definition) is 2. The summed E-state index contributed by atoms with van der Waals surface area (Å²) in [6.07, 6.45) is -2.34. The van der Waals surface area contributed by atoms with E-state index < -0.39 is 11.7 Å². The summed E-state index contributed by atoms with van der Waals surface area (Å²) in [4.78, 5) is 14.8. The lowest BCUT2D eigenvalue weighted by molar-refractivity contribution is -0.137. The molecule has 3 N–H and O–H groups in total. The lowest BCUT2D eigenvalue weighted by Gasteiger charge is -2.11. The van der Waals surface area contributed by atoms with E-state index in [2.05, 4.69) is 10.3 Å². The predicted molar refractivity (Wildman–Crippen MR) is 55.0 cm³/mol. The van der Waals surface area contributed by atoms with Gasteiger partial charge < -0.3 is 11.1 Å². The summed E-state index contributed by atoms with van der Waals surface area (Å²) in [5.74, 6) is -0.534. The van der Waals surface area contributed by atoms with Crippen LogP contribution in [-0.4, -0.2) is 10.9 Å². The van der Waals surface area contributed by atoms with Crippen LogP contribution in [0.4, 0.5) is 24.7 Å². The Balaban J connectivity index is 2.22. The Morgan fingerprint density at radius 2 is 2.12 bits per heavy atom. The average molecular weight is 245 g/mol. The Morgan fingerprint density at radius 3 is 2.65 bits per heavy atom. The second-order valence-electron chi connectivity index (χ2n) is 3.92. The minimum absolute atomic E-state index is 0.0864. The van der Waals surface area contributed by atoms with Crippen molar-refractivity contribution in [3.63, 3.8) is 0 Å². The maximum Gasteiger partial charge on any atom is 0.417 e. The van der Waals surface area contributed by atoms with E-state index in [0.29, 0.717) is 6.20 Å². The number of nitrogens with two attached hydrogens (primary N) is 1. The molecule has 0 aromatic carbocycles. The van der Waals surface area contributed by atoms with Gasteiger partial charge in [0, 0.05) is 12.1 Å². The number of hydrogen-bond acceptors (Lipinski definition) is 3. The smallest absolute Gasteiger partial charge is 0.382 e. The monoisotopic (exact) mass is 245 g/mol. The van der Waals surface area contributed by atoms with Crippen LogP contribution in [0.3, 0.4) is 0 Å². The van der Waals surface area contributed by atoms with Gasteiger partial charge in [0.15, 0.2) is 0 Å². The highest BCUT2D eigenvalue weighted by molar-refractivity contribution is 5.96. The van der Waals surface area contributed by atoms with Crippen molar-refractivity contribution >= 4 is 17.4 Å². The van der Waals surface area contributed by atoms with Gasteiger partial charge in [0.2, 0.25) is 5.91 Å². The molecule has 0 unspecified atom stereocenters. The Morgan fingerprint density at radius 1 is 1.47 bits per heavy atom. The van der Waals surface area contributed by atoms with Crippen molar-refractivity contribution in [1.29, 1.82) is 0 Å². The summed E-state index contributed by atoms with van der Waals surface area (Å²) < 4.78 is 37.2. The number of halogens is 3. The second-order valence-corrected chi connectivity index (χ2v) is 3.92. The summed E-state index contributed by atoms with van der Waals surface area (Å²) >= 11 is 0. The van der Waals surface area contributed by atoms with Crippen molar-refractivity contribution in [2.45, 2.75) is 19.0 Å². The fourth-order valence-corrected chi connectivity index (χ4v) is 1.31. The summed E-state index contributed by atoms with van der Waals surface area (Å²) in [6, 6.07) is 0.794. The highest BCUT2D eigenvalue weighted by atomic mass is 19.4. The first-order valence-electron chi connectivity index (χ1n) is 5.01. The third-order valence-corrected chi connectivity index (χ3v) is 2.45. The minimum Gasteiger partial charge on any atom is -0.382 e. The van der Waals surface area contributed by atoms with E-state index in [4.69, 9.17) is 5.73 Å². The van der Waals surface area contributed by atoms with Crippen molar-refractivity contribution in [2.24, 2.45) is 5.92 Å². The third kappa shape index (κ3) is 2.66. The molecule has 1 heterocycles. The van der Waals surface area contributed by atoms with Crippen LogP contribution in [0.2, 0.25) is 0 Å².